The van der Waals surface area contributed by atoms with Crippen molar-refractivity contribution in [3.05, 3.63) is 29.8 Å². The van der Waals surface area contributed by atoms with Crippen LogP contribution in [0.5, 0.6) is 0 Å². The normalized spacial score (nSPS) is 15.3. The smallest absolute Gasteiger partial charge is 0.233 e. The molecule has 0 radical (unpaired) electrons. The molecule has 2 heterocycles. The van der Waals surface area contributed by atoms with Gasteiger partial charge in [0.1, 0.15) is 0 Å². The molecule has 0 bridgehead atoms. The Morgan fingerprint density at radius 2 is 2.07 bits per heavy atom. The average Bonchev–Trinajstić information content (AvgIpc) is 2.39. The van der Waals surface area contributed by atoms with E-state index in [-0.39, 0.29) is 29.7 Å². The van der Waals surface area contributed by atoms with Crippen molar-refractivity contribution in [1.82, 2.24) is 14.4 Å². The third kappa shape index (κ3) is 1.50. The minimum Gasteiger partial charge on any atom is -0.291 e. The molecule has 0 aliphatic rings. The maximum absolute atomic E-state index is 8.13. The minimum atomic E-state index is -0.347. The van der Waals surface area contributed by atoms with E-state index in [2.05, 4.69) is 9.97 Å². The summed E-state index contributed by atoms with van der Waals surface area (Å²) in [6, 6.07) is 0. The van der Waals surface area contributed by atoms with E-state index in [1.807, 2.05) is 20.8 Å². The molecular weight excluding hydrogens is 174 g/mol. The molecule has 0 aliphatic heterocycles. The second kappa shape index (κ2) is 2.80. The topological polar surface area (TPSA) is 30.2 Å². The van der Waals surface area contributed by atoms with Crippen LogP contribution in [0.15, 0.2) is 18.5 Å². The highest BCUT2D eigenvalue weighted by Crippen LogP contribution is 2.21. The molecule has 2 rings (SSSR count). The van der Waals surface area contributed by atoms with E-state index in [1.54, 1.807) is 6.92 Å². The maximum atomic E-state index is 8.13. The molecular formula is C11H15N3. The maximum Gasteiger partial charge on any atom is 0.233 e. The molecule has 0 saturated carbocycles. The van der Waals surface area contributed by atoms with E-state index in [0.29, 0.717) is 11.3 Å². The van der Waals surface area contributed by atoms with E-state index in [0.717, 1.165) is 0 Å². The van der Waals surface area contributed by atoms with Crippen molar-refractivity contribution in [2.24, 2.45) is 0 Å². The number of hydrogen-bond acceptors (Lipinski definition) is 2. The van der Waals surface area contributed by atoms with Gasteiger partial charge >= 0.3 is 0 Å². The third-order valence-corrected chi connectivity index (χ3v) is 1.98. The summed E-state index contributed by atoms with van der Waals surface area (Å²) in [4.78, 5) is 8.14. The van der Waals surface area contributed by atoms with E-state index in [1.165, 1.54) is 4.40 Å². The van der Waals surface area contributed by atoms with E-state index in [9.17, 15) is 0 Å². The van der Waals surface area contributed by atoms with Crippen molar-refractivity contribution < 1.29 is 4.11 Å². The zero-order chi connectivity index (χ0) is 13.0. The number of aryl methyl sites for hydroxylation is 1. The standard InChI is InChI=1S/C11H15N3/c1-8-6-14-7-9(11(2,3)4)5-12-10(14)13-8/h5-7H,1-4H3/i5D,6D,7D. The molecule has 0 aromatic carbocycles. The molecule has 3 nitrogen and oxygen atoms in total. The van der Waals surface area contributed by atoms with Crippen LogP contribution in [0.25, 0.3) is 5.78 Å². The Morgan fingerprint density at radius 1 is 1.36 bits per heavy atom. The Hall–Kier alpha value is -1.38. The lowest BCUT2D eigenvalue weighted by Gasteiger charge is -2.17. The summed E-state index contributed by atoms with van der Waals surface area (Å²) in [5.41, 5.74) is 0.715. The van der Waals surface area contributed by atoms with Gasteiger partial charge in [-0.3, -0.25) is 4.40 Å². The molecule has 2 aromatic heterocycles. The first-order chi connectivity index (χ1) is 7.73. The molecule has 74 valence electrons. The fourth-order valence-corrected chi connectivity index (χ4v) is 1.17. The van der Waals surface area contributed by atoms with Crippen LogP contribution in [0, 0.1) is 6.92 Å². The number of nitrogens with zero attached hydrogens (tertiary/aromatic N) is 3. The van der Waals surface area contributed by atoms with Gasteiger partial charge in [0.05, 0.1) is 9.81 Å². The van der Waals surface area contributed by atoms with Gasteiger partial charge in [0.15, 0.2) is 0 Å². The van der Waals surface area contributed by atoms with Crippen LogP contribution >= 0.6 is 0 Å². The number of rotatable bonds is 0. The summed E-state index contributed by atoms with van der Waals surface area (Å²) in [5, 5.41) is 0. The molecule has 3 heteroatoms. The summed E-state index contributed by atoms with van der Waals surface area (Å²) in [7, 11) is 0. The van der Waals surface area contributed by atoms with Gasteiger partial charge in [0.2, 0.25) is 5.78 Å². The van der Waals surface area contributed by atoms with Crippen LogP contribution in [0.1, 0.15) is 36.1 Å². The largest absolute Gasteiger partial charge is 0.291 e. The highest BCUT2D eigenvalue weighted by Gasteiger charge is 2.14. The Bertz CT molecular complexity index is 596. The van der Waals surface area contributed by atoms with Crippen molar-refractivity contribution in [3.8, 4) is 0 Å². The zero-order valence-corrected chi connectivity index (χ0v) is 8.84. The van der Waals surface area contributed by atoms with Gasteiger partial charge in [-0.15, -0.1) is 0 Å². The first kappa shape index (κ1) is 6.17. The van der Waals surface area contributed by atoms with Gasteiger partial charge in [0.25, 0.3) is 0 Å². The van der Waals surface area contributed by atoms with Gasteiger partial charge in [-0.2, -0.15) is 0 Å². The molecule has 0 N–H and O–H groups in total. The van der Waals surface area contributed by atoms with Crippen LogP contribution in [-0.4, -0.2) is 14.4 Å². The van der Waals surface area contributed by atoms with Crippen molar-refractivity contribution >= 4 is 5.78 Å². The number of aromatic nitrogens is 3. The van der Waals surface area contributed by atoms with E-state index in [4.69, 9.17) is 4.11 Å². The third-order valence-electron chi connectivity index (χ3n) is 1.98. The van der Waals surface area contributed by atoms with Gasteiger partial charge in [-0.1, -0.05) is 20.8 Å². The molecule has 0 saturated heterocycles. The molecule has 0 fully saturated rings. The fraction of sp³-hybridized carbons (Fsp3) is 0.455. The van der Waals surface area contributed by atoms with Gasteiger partial charge in [-0.25, -0.2) is 9.97 Å². The molecule has 0 aliphatic carbocycles. The lowest BCUT2D eigenvalue weighted by molar-refractivity contribution is 0.583. The van der Waals surface area contributed by atoms with E-state index < -0.39 is 0 Å². The van der Waals surface area contributed by atoms with Crippen LogP contribution in [-0.2, 0) is 5.41 Å². The van der Waals surface area contributed by atoms with Crippen molar-refractivity contribution in [2.75, 3.05) is 0 Å². The van der Waals surface area contributed by atoms with E-state index >= 15 is 0 Å². The Balaban J connectivity index is 2.93. The average molecular weight is 192 g/mol. The molecule has 2 aromatic rings. The highest BCUT2D eigenvalue weighted by molar-refractivity contribution is 5.33. The lowest BCUT2D eigenvalue weighted by Crippen LogP contribution is -2.12. The van der Waals surface area contributed by atoms with Crippen LogP contribution in [0.3, 0.4) is 0 Å². The summed E-state index contributed by atoms with van der Waals surface area (Å²) < 4.78 is 25.3. The lowest BCUT2D eigenvalue weighted by atomic mass is 9.89. The van der Waals surface area contributed by atoms with Crippen molar-refractivity contribution in [3.63, 3.8) is 0 Å². The summed E-state index contributed by atoms with van der Waals surface area (Å²) in [5.74, 6) is 0.260. The second-order valence-corrected chi connectivity index (χ2v) is 4.40. The minimum absolute atomic E-state index is 0.0694. The first-order valence-corrected chi connectivity index (χ1v) is 4.57. The van der Waals surface area contributed by atoms with Gasteiger partial charge in [0, 0.05) is 18.5 Å². The van der Waals surface area contributed by atoms with Crippen molar-refractivity contribution in [1.29, 1.82) is 0 Å². The summed E-state index contributed by atoms with van der Waals surface area (Å²) in [6.45, 7) is 7.49. The SMILES string of the molecule is [2H]c1nc2nc(C)c([2H])n2c([2H])c1C(C)(C)C. The summed E-state index contributed by atoms with van der Waals surface area (Å²) >= 11 is 0. The molecule has 0 amide bonds. The first-order valence-electron chi connectivity index (χ1n) is 6.07. The molecule has 14 heavy (non-hydrogen) atoms. The highest BCUT2D eigenvalue weighted by atomic mass is 15.1. The summed E-state index contributed by atoms with van der Waals surface area (Å²) in [6.07, 6.45) is 0.376. The van der Waals surface area contributed by atoms with Crippen LogP contribution < -0.4 is 0 Å². The van der Waals surface area contributed by atoms with Gasteiger partial charge < -0.3 is 0 Å². The molecule has 0 unspecified atom stereocenters. The fourth-order valence-electron chi connectivity index (χ4n) is 1.17. The Morgan fingerprint density at radius 3 is 2.71 bits per heavy atom. The Labute approximate surface area is 88.0 Å². The predicted molar refractivity (Wildman–Crippen MR) is 56.4 cm³/mol. The monoisotopic (exact) mass is 192 g/mol. The Kier molecular flexibility index (Phi) is 1.24. The molecule has 0 atom stereocenters. The van der Waals surface area contributed by atoms with Crippen LogP contribution in [0.2, 0.25) is 0 Å². The quantitative estimate of drug-likeness (QED) is 0.641. The molecule has 0 spiro atoms. The zero-order valence-electron chi connectivity index (χ0n) is 11.8. The predicted octanol–water partition coefficient (Wildman–Crippen LogP) is 2.34. The number of fused-ring (bicyclic) bond motifs is 1. The van der Waals surface area contributed by atoms with Crippen molar-refractivity contribution in [2.45, 2.75) is 33.1 Å². The van der Waals surface area contributed by atoms with Crippen LogP contribution in [0.4, 0.5) is 0 Å². The number of hydrogen-bond donors (Lipinski definition) is 0. The number of imidazole rings is 1. The second-order valence-electron chi connectivity index (χ2n) is 4.40. The van der Waals surface area contributed by atoms with Gasteiger partial charge in [-0.05, 0) is 17.9 Å².